The van der Waals surface area contributed by atoms with E-state index in [9.17, 15) is 18.0 Å². The van der Waals surface area contributed by atoms with Crippen molar-refractivity contribution in [3.8, 4) is 0 Å². The van der Waals surface area contributed by atoms with Crippen molar-refractivity contribution in [1.29, 1.82) is 0 Å². The summed E-state index contributed by atoms with van der Waals surface area (Å²) in [5.74, 6) is -1.22. The van der Waals surface area contributed by atoms with Gasteiger partial charge >= 0.3 is 0 Å². The summed E-state index contributed by atoms with van der Waals surface area (Å²) in [6, 6.07) is 20.8. The van der Waals surface area contributed by atoms with Crippen LogP contribution in [-0.4, -0.2) is 43.2 Å². The number of nitrogens with zero attached hydrogens (tertiary/aromatic N) is 1. The molecule has 41 heavy (non-hydrogen) atoms. The van der Waals surface area contributed by atoms with Crippen LogP contribution in [0, 0.1) is 5.92 Å². The van der Waals surface area contributed by atoms with E-state index >= 15 is 0 Å². The molecule has 0 radical (unpaired) electrons. The molecule has 5 rings (SSSR count). The third kappa shape index (κ3) is 6.78. The van der Waals surface area contributed by atoms with Crippen LogP contribution < -0.4 is 5.48 Å². The molecule has 2 amide bonds. The van der Waals surface area contributed by atoms with E-state index in [0.29, 0.717) is 52.4 Å². The van der Waals surface area contributed by atoms with Crippen molar-refractivity contribution in [3.05, 3.63) is 105 Å². The molecule has 1 aliphatic heterocycles. The number of hydrogen-bond donors (Lipinski definition) is 1. The maximum atomic E-state index is 14.2. The van der Waals surface area contributed by atoms with Gasteiger partial charge in [-0.3, -0.25) is 14.4 Å². The molecule has 216 valence electrons. The number of rotatable bonds is 8. The van der Waals surface area contributed by atoms with Crippen molar-refractivity contribution in [1.82, 2.24) is 10.4 Å². The molecule has 0 spiro atoms. The minimum absolute atomic E-state index is 0.0384. The third-order valence-corrected chi connectivity index (χ3v) is 9.58. The van der Waals surface area contributed by atoms with Crippen LogP contribution in [0.2, 0.25) is 10.0 Å². The topological polar surface area (TPSA) is 92.8 Å². The predicted molar refractivity (Wildman–Crippen MR) is 159 cm³/mol. The van der Waals surface area contributed by atoms with E-state index in [1.807, 2.05) is 36.4 Å². The summed E-state index contributed by atoms with van der Waals surface area (Å²) in [6.45, 7) is 0.181. The molecular formula is C31H32Cl2N2O5S. The Labute approximate surface area is 250 Å². The molecule has 7 nitrogen and oxygen atoms in total. The van der Waals surface area contributed by atoms with E-state index in [4.69, 9.17) is 28.0 Å². The first kappa shape index (κ1) is 29.6. The maximum Gasteiger partial charge on any atom is 0.254 e. The highest BCUT2D eigenvalue weighted by atomic mass is 35.5. The van der Waals surface area contributed by atoms with Crippen LogP contribution in [0.3, 0.4) is 0 Å². The fourth-order valence-electron chi connectivity index (χ4n) is 6.15. The van der Waals surface area contributed by atoms with Gasteiger partial charge in [0.15, 0.2) is 0 Å². The van der Waals surface area contributed by atoms with Gasteiger partial charge in [-0.25, -0.2) is 13.9 Å². The molecule has 2 aliphatic rings. The summed E-state index contributed by atoms with van der Waals surface area (Å²) in [6.07, 6.45) is 3.83. The van der Waals surface area contributed by atoms with Crippen molar-refractivity contribution < 1.29 is 22.8 Å². The molecule has 0 unspecified atom stereocenters. The number of halogens is 2. The fourth-order valence-corrected chi connectivity index (χ4v) is 7.86. The van der Waals surface area contributed by atoms with Crippen LogP contribution in [0.5, 0.6) is 0 Å². The average Bonchev–Trinajstić information content (AvgIpc) is 2.93. The summed E-state index contributed by atoms with van der Waals surface area (Å²) in [4.78, 5) is 35.5. The number of nitrogens with one attached hydrogen (secondary N) is 1. The molecule has 1 fully saturated rings. The number of hydroxylamine groups is 1. The first-order chi connectivity index (χ1) is 19.6. The lowest BCUT2D eigenvalue weighted by Gasteiger charge is -2.47. The van der Waals surface area contributed by atoms with Gasteiger partial charge in [0.2, 0.25) is 0 Å². The van der Waals surface area contributed by atoms with Crippen molar-refractivity contribution in [2.45, 2.75) is 50.3 Å². The highest BCUT2D eigenvalue weighted by Gasteiger charge is 2.48. The second-order valence-electron chi connectivity index (χ2n) is 10.9. The highest BCUT2D eigenvalue weighted by molar-refractivity contribution is 7.90. The minimum Gasteiger partial charge on any atom is -0.327 e. The van der Waals surface area contributed by atoms with Gasteiger partial charge in [-0.05, 0) is 66.5 Å². The third-order valence-electron chi connectivity index (χ3n) is 7.94. The van der Waals surface area contributed by atoms with Crippen molar-refractivity contribution >= 4 is 44.9 Å². The minimum atomic E-state index is -3.11. The number of hydrogen-bond acceptors (Lipinski definition) is 5. The molecule has 0 aromatic heterocycles. The SMILES string of the molecule is CS(=O)(=O)CC1CCC(N2C(=O)c3ccccc3[C@@H](C(=O)NOCc3ccccc3)[C@@H]2c2ccc(Cl)cc2Cl)CC1. The lowest BCUT2D eigenvalue weighted by molar-refractivity contribution is -0.138. The number of carbonyl (C=O) groups excluding carboxylic acids is 2. The van der Waals surface area contributed by atoms with Crippen molar-refractivity contribution in [3.63, 3.8) is 0 Å². The second-order valence-corrected chi connectivity index (χ2v) is 13.9. The van der Waals surface area contributed by atoms with E-state index in [-0.39, 0.29) is 30.2 Å². The molecule has 3 aromatic rings. The smallest absolute Gasteiger partial charge is 0.254 e. The monoisotopic (exact) mass is 614 g/mol. The molecule has 1 heterocycles. The molecule has 0 bridgehead atoms. The van der Waals surface area contributed by atoms with E-state index < -0.39 is 27.7 Å². The maximum absolute atomic E-state index is 14.2. The van der Waals surface area contributed by atoms with E-state index in [2.05, 4.69) is 5.48 Å². The van der Waals surface area contributed by atoms with Gasteiger partial charge < -0.3 is 4.90 Å². The molecule has 2 atom stereocenters. The largest absolute Gasteiger partial charge is 0.327 e. The Morgan fingerprint density at radius 2 is 1.63 bits per heavy atom. The Hall–Kier alpha value is -2.91. The number of sulfone groups is 1. The van der Waals surface area contributed by atoms with Crippen LogP contribution in [0.15, 0.2) is 72.8 Å². The standard InChI is InChI=1S/C31H32Cl2N2O5S/c1-41(38,39)19-21-11-14-23(15-12-21)35-29(26-16-13-22(32)17-27(26)33)28(24-9-5-6-10-25(24)31(35)37)30(36)34-40-18-20-7-3-2-4-8-20/h2-10,13,16-17,21,23,28-29H,11-12,14-15,18-19H2,1H3,(H,34,36)/t21?,23?,28-,29+/m1/s1. The molecule has 1 N–H and O–H groups in total. The quantitative estimate of drug-likeness (QED) is 0.308. The van der Waals surface area contributed by atoms with Crippen LogP contribution in [0.25, 0.3) is 0 Å². The fraction of sp³-hybridized carbons (Fsp3) is 0.355. The summed E-state index contributed by atoms with van der Waals surface area (Å²) in [5, 5.41) is 0.801. The zero-order chi connectivity index (χ0) is 29.1. The summed E-state index contributed by atoms with van der Waals surface area (Å²) in [5.41, 5.74) is 5.19. The Morgan fingerprint density at radius 3 is 2.32 bits per heavy atom. The van der Waals surface area contributed by atoms with Crippen molar-refractivity contribution in [2.24, 2.45) is 5.92 Å². The number of carbonyl (C=O) groups is 2. The Kier molecular flexibility index (Phi) is 9.04. The van der Waals surface area contributed by atoms with E-state index in [0.717, 1.165) is 5.56 Å². The van der Waals surface area contributed by atoms with Crippen LogP contribution in [-0.2, 0) is 26.1 Å². The van der Waals surface area contributed by atoms with E-state index in [1.165, 1.54) is 6.26 Å². The van der Waals surface area contributed by atoms with Crippen LogP contribution in [0.4, 0.5) is 0 Å². The summed E-state index contributed by atoms with van der Waals surface area (Å²) >= 11 is 13.0. The predicted octanol–water partition coefficient (Wildman–Crippen LogP) is 6.13. The van der Waals surface area contributed by atoms with Gasteiger partial charge in [-0.1, -0.05) is 77.8 Å². The van der Waals surface area contributed by atoms with Crippen LogP contribution in [0.1, 0.15) is 64.7 Å². The lowest BCUT2D eigenvalue weighted by Crippen LogP contribution is -2.52. The van der Waals surface area contributed by atoms with E-state index in [1.54, 1.807) is 41.3 Å². The summed E-state index contributed by atoms with van der Waals surface area (Å²) < 4.78 is 23.8. The second kappa shape index (κ2) is 12.5. The molecule has 3 aromatic carbocycles. The Balaban J connectivity index is 1.51. The Bertz CT molecular complexity index is 1520. The number of benzene rings is 3. The summed E-state index contributed by atoms with van der Waals surface area (Å²) in [7, 11) is -3.11. The van der Waals surface area contributed by atoms with Crippen molar-refractivity contribution in [2.75, 3.05) is 12.0 Å². The molecule has 10 heteroatoms. The van der Waals surface area contributed by atoms with Gasteiger partial charge in [0.05, 0.1) is 24.3 Å². The molecule has 0 saturated heterocycles. The van der Waals surface area contributed by atoms with Gasteiger partial charge in [-0.2, -0.15) is 0 Å². The van der Waals surface area contributed by atoms with Crippen LogP contribution >= 0.6 is 23.2 Å². The van der Waals surface area contributed by atoms with Gasteiger partial charge in [-0.15, -0.1) is 0 Å². The number of amides is 2. The highest BCUT2D eigenvalue weighted by Crippen LogP contribution is 2.48. The first-order valence-corrected chi connectivity index (χ1v) is 16.4. The zero-order valence-corrected chi connectivity index (χ0v) is 25.0. The molecular weight excluding hydrogens is 583 g/mol. The lowest BCUT2D eigenvalue weighted by atomic mass is 9.76. The Morgan fingerprint density at radius 1 is 0.951 bits per heavy atom. The normalized spacial score (nSPS) is 22.7. The molecule has 1 saturated carbocycles. The number of fused-ring (bicyclic) bond motifs is 1. The first-order valence-electron chi connectivity index (χ1n) is 13.6. The average molecular weight is 616 g/mol. The molecule has 1 aliphatic carbocycles. The van der Waals surface area contributed by atoms with Gasteiger partial charge in [0.1, 0.15) is 9.84 Å². The van der Waals surface area contributed by atoms with Gasteiger partial charge in [0, 0.05) is 27.9 Å². The van der Waals surface area contributed by atoms with Gasteiger partial charge in [0.25, 0.3) is 11.8 Å². The zero-order valence-electron chi connectivity index (χ0n) is 22.6.